The Balaban J connectivity index is 2.04. The van der Waals surface area contributed by atoms with Crippen LogP contribution in [-0.4, -0.2) is 43.4 Å². The van der Waals surface area contributed by atoms with Gasteiger partial charge >= 0.3 is 0 Å². The lowest BCUT2D eigenvalue weighted by molar-refractivity contribution is -0.135. The van der Waals surface area contributed by atoms with Gasteiger partial charge in [-0.3, -0.25) is 14.4 Å². The maximum absolute atomic E-state index is 12.5. The molecule has 2 amide bonds. The summed E-state index contributed by atoms with van der Waals surface area (Å²) in [6, 6.07) is 4.80. The number of carbonyl (C=O) groups is 3. The molecule has 1 saturated carbocycles. The van der Waals surface area contributed by atoms with Gasteiger partial charge in [-0.15, -0.1) is 0 Å². The second-order valence-electron chi connectivity index (χ2n) is 6.76. The molecule has 0 atom stereocenters. The van der Waals surface area contributed by atoms with Crippen LogP contribution in [0.5, 0.6) is 11.5 Å². The molecule has 0 unspecified atom stereocenters. The zero-order chi connectivity index (χ0) is 19.9. The number of ketones is 1. The van der Waals surface area contributed by atoms with E-state index in [4.69, 9.17) is 9.47 Å². The van der Waals surface area contributed by atoms with E-state index < -0.39 is 5.54 Å². The minimum Gasteiger partial charge on any atom is -0.493 e. The van der Waals surface area contributed by atoms with Crippen molar-refractivity contribution in [2.75, 3.05) is 20.3 Å². The number of Topliss-reactive ketones (excluding diaryl/α,β-unsaturated/α-hetero) is 1. The minimum atomic E-state index is -0.864. The Hall–Kier alpha value is -2.57. The Bertz CT molecular complexity index is 696. The summed E-state index contributed by atoms with van der Waals surface area (Å²) in [6.07, 6.45) is 4.12. The molecular formula is C20H28N2O5. The molecule has 148 valence electrons. The van der Waals surface area contributed by atoms with Gasteiger partial charge in [0.1, 0.15) is 5.54 Å². The van der Waals surface area contributed by atoms with Crippen LogP contribution in [0.2, 0.25) is 0 Å². The van der Waals surface area contributed by atoms with Gasteiger partial charge in [-0.25, -0.2) is 0 Å². The molecule has 1 aromatic carbocycles. The normalized spacial score (nSPS) is 15.5. The summed E-state index contributed by atoms with van der Waals surface area (Å²) in [5, 5.41) is 5.71. The van der Waals surface area contributed by atoms with Crippen LogP contribution < -0.4 is 20.1 Å². The first-order valence-electron chi connectivity index (χ1n) is 9.33. The number of carbonyl (C=O) groups excluding carboxylic acids is 3. The van der Waals surface area contributed by atoms with Crippen molar-refractivity contribution in [2.45, 2.75) is 51.5 Å². The van der Waals surface area contributed by atoms with Crippen molar-refractivity contribution in [3.63, 3.8) is 0 Å². The van der Waals surface area contributed by atoms with Crippen LogP contribution in [0, 0.1) is 0 Å². The highest BCUT2D eigenvalue weighted by molar-refractivity contribution is 5.95. The van der Waals surface area contributed by atoms with E-state index in [2.05, 4.69) is 10.6 Å². The minimum absolute atomic E-state index is 0.0845. The van der Waals surface area contributed by atoms with E-state index in [-0.39, 0.29) is 24.2 Å². The molecule has 0 saturated heterocycles. The number of likely N-dealkylation sites (N-methyl/N-ethyl adjacent to an activating group) is 1. The van der Waals surface area contributed by atoms with Crippen molar-refractivity contribution >= 4 is 17.6 Å². The molecule has 0 aromatic heterocycles. The van der Waals surface area contributed by atoms with E-state index in [1.54, 1.807) is 18.2 Å². The average molecular weight is 376 g/mol. The predicted octanol–water partition coefficient (Wildman–Crippen LogP) is 2.23. The summed E-state index contributed by atoms with van der Waals surface area (Å²) in [5.41, 5.74) is -0.363. The van der Waals surface area contributed by atoms with E-state index in [1.165, 1.54) is 14.0 Å². The highest BCUT2D eigenvalue weighted by atomic mass is 16.5. The maximum Gasteiger partial charge on any atom is 0.258 e. The van der Waals surface area contributed by atoms with Gasteiger partial charge in [0.25, 0.3) is 5.91 Å². The molecule has 7 heteroatoms. The quantitative estimate of drug-likeness (QED) is 0.679. The summed E-state index contributed by atoms with van der Waals surface area (Å²) in [7, 11) is 1.47. The molecule has 0 radical (unpaired) electrons. The van der Waals surface area contributed by atoms with Crippen molar-refractivity contribution in [1.29, 1.82) is 0 Å². The Morgan fingerprint density at radius 2 is 1.81 bits per heavy atom. The molecule has 1 aromatic rings. The van der Waals surface area contributed by atoms with Crippen LogP contribution in [-0.2, 0) is 9.59 Å². The van der Waals surface area contributed by atoms with Gasteiger partial charge in [0.05, 0.1) is 7.11 Å². The Morgan fingerprint density at radius 1 is 1.11 bits per heavy atom. The average Bonchev–Trinajstić information content (AvgIpc) is 2.67. The topological polar surface area (TPSA) is 93.7 Å². The van der Waals surface area contributed by atoms with Crippen molar-refractivity contribution < 1.29 is 23.9 Å². The third-order valence-electron chi connectivity index (χ3n) is 4.79. The summed E-state index contributed by atoms with van der Waals surface area (Å²) in [4.78, 5) is 36.4. The Labute approximate surface area is 159 Å². The van der Waals surface area contributed by atoms with Crippen molar-refractivity contribution in [3.05, 3.63) is 23.8 Å². The largest absolute Gasteiger partial charge is 0.493 e. The lowest BCUT2D eigenvalue weighted by Gasteiger charge is -2.36. The van der Waals surface area contributed by atoms with Crippen LogP contribution in [0.1, 0.15) is 56.3 Å². The molecule has 0 bridgehead atoms. The fourth-order valence-corrected chi connectivity index (χ4v) is 3.35. The van der Waals surface area contributed by atoms with Crippen molar-refractivity contribution in [2.24, 2.45) is 0 Å². The molecule has 1 aliphatic rings. The van der Waals surface area contributed by atoms with Gasteiger partial charge in [0.2, 0.25) is 5.91 Å². The fourth-order valence-electron chi connectivity index (χ4n) is 3.35. The lowest BCUT2D eigenvalue weighted by atomic mass is 9.80. The molecular weight excluding hydrogens is 348 g/mol. The SMILES string of the molecule is CCNC(=O)C1(NC(=O)COc2ccc(C(C)=O)cc2OC)CCCCC1. The molecule has 7 nitrogen and oxygen atoms in total. The Morgan fingerprint density at radius 3 is 2.41 bits per heavy atom. The standard InChI is InChI=1S/C20H28N2O5/c1-4-21-19(25)20(10-6-5-7-11-20)22-18(24)13-27-16-9-8-15(14(2)23)12-17(16)26-3/h8-9,12H,4-7,10-11,13H2,1-3H3,(H,21,25)(H,22,24). The molecule has 27 heavy (non-hydrogen) atoms. The highest BCUT2D eigenvalue weighted by Crippen LogP contribution is 2.30. The number of nitrogens with one attached hydrogen (secondary N) is 2. The van der Waals surface area contributed by atoms with Gasteiger partial charge in [0.15, 0.2) is 23.9 Å². The monoisotopic (exact) mass is 376 g/mol. The third kappa shape index (κ3) is 5.21. The molecule has 0 aliphatic heterocycles. The van der Waals surface area contributed by atoms with Gasteiger partial charge < -0.3 is 20.1 Å². The second kappa shape index (κ2) is 9.39. The smallest absolute Gasteiger partial charge is 0.258 e. The summed E-state index contributed by atoms with van der Waals surface area (Å²) in [6.45, 7) is 3.60. The van der Waals surface area contributed by atoms with E-state index in [1.807, 2.05) is 6.92 Å². The second-order valence-corrected chi connectivity index (χ2v) is 6.76. The number of methoxy groups -OCH3 is 1. The number of hydrogen-bond acceptors (Lipinski definition) is 5. The van der Waals surface area contributed by atoms with E-state index >= 15 is 0 Å². The van der Waals surface area contributed by atoms with Crippen LogP contribution in [0.4, 0.5) is 0 Å². The molecule has 2 rings (SSSR count). The first-order chi connectivity index (χ1) is 12.9. The molecule has 0 heterocycles. The number of rotatable bonds is 8. The van der Waals surface area contributed by atoms with E-state index in [0.717, 1.165) is 19.3 Å². The lowest BCUT2D eigenvalue weighted by Crippen LogP contribution is -2.60. The predicted molar refractivity (Wildman–Crippen MR) is 101 cm³/mol. The first-order valence-corrected chi connectivity index (χ1v) is 9.33. The van der Waals surface area contributed by atoms with Gasteiger partial charge in [-0.2, -0.15) is 0 Å². The zero-order valence-corrected chi connectivity index (χ0v) is 16.2. The first kappa shape index (κ1) is 20.7. The van der Waals surface area contributed by atoms with Gasteiger partial charge in [-0.1, -0.05) is 19.3 Å². The van der Waals surface area contributed by atoms with Crippen molar-refractivity contribution in [3.8, 4) is 11.5 Å². The van der Waals surface area contributed by atoms with Gasteiger partial charge in [0, 0.05) is 12.1 Å². The van der Waals surface area contributed by atoms with E-state index in [0.29, 0.717) is 36.4 Å². The number of benzene rings is 1. The molecule has 2 N–H and O–H groups in total. The Kier molecular flexibility index (Phi) is 7.21. The van der Waals surface area contributed by atoms with Crippen molar-refractivity contribution in [1.82, 2.24) is 10.6 Å². The van der Waals surface area contributed by atoms with Crippen LogP contribution in [0.15, 0.2) is 18.2 Å². The molecule has 1 fully saturated rings. The zero-order valence-electron chi connectivity index (χ0n) is 16.2. The third-order valence-corrected chi connectivity index (χ3v) is 4.79. The van der Waals surface area contributed by atoms with Crippen LogP contribution >= 0.6 is 0 Å². The van der Waals surface area contributed by atoms with Gasteiger partial charge in [-0.05, 0) is 44.9 Å². The summed E-state index contributed by atoms with van der Waals surface area (Å²) < 4.78 is 10.8. The molecule has 1 aliphatic carbocycles. The fraction of sp³-hybridized carbons (Fsp3) is 0.550. The summed E-state index contributed by atoms with van der Waals surface area (Å²) >= 11 is 0. The number of ether oxygens (including phenoxy) is 2. The number of hydrogen-bond donors (Lipinski definition) is 2. The van der Waals surface area contributed by atoms with Crippen LogP contribution in [0.3, 0.4) is 0 Å². The van der Waals surface area contributed by atoms with Crippen LogP contribution in [0.25, 0.3) is 0 Å². The number of amides is 2. The maximum atomic E-state index is 12.5. The van der Waals surface area contributed by atoms with E-state index in [9.17, 15) is 14.4 Å². The highest BCUT2D eigenvalue weighted by Gasteiger charge is 2.40. The summed E-state index contributed by atoms with van der Waals surface area (Å²) in [5.74, 6) is 0.168. The molecule has 0 spiro atoms.